The summed E-state index contributed by atoms with van der Waals surface area (Å²) in [6.07, 6.45) is 0. The predicted octanol–water partition coefficient (Wildman–Crippen LogP) is 6.61. The van der Waals surface area contributed by atoms with E-state index < -0.39 is 0 Å². The Labute approximate surface area is 163 Å². The number of rotatable bonds is 2. The van der Waals surface area contributed by atoms with Crippen LogP contribution < -0.4 is 0 Å². The molecular weight excluding hydrogens is 340 g/mol. The SMILES string of the molecule is c1ccc(-c2nc3c(nc2-c2ccccc2)-c2cccc4cccc-3c24)cc1. The van der Waals surface area contributed by atoms with E-state index in [-0.39, 0.29) is 0 Å². The quantitative estimate of drug-likeness (QED) is 0.349. The normalized spacial score (nSPS) is 11.6. The van der Waals surface area contributed by atoms with Crippen LogP contribution in [0.3, 0.4) is 0 Å². The van der Waals surface area contributed by atoms with Crippen molar-refractivity contribution >= 4 is 10.8 Å². The summed E-state index contributed by atoms with van der Waals surface area (Å²) in [5.74, 6) is 0. The van der Waals surface area contributed by atoms with Gasteiger partial charge >= 0.3 is 0 Å². The summed E-state index contributed by atoms with van der Waals surface area (Å²) in [5, 5.41) is 2.49. The highest BCUT2D eigenvalue weighted by Gasteiger charge is 2.26. The van der Waals surface area contributed by atoms with E-state index in [4.69, 9.17) is 9.97 Å². The second-order valence-electron chi connectivity index (χ2n) is 7.06. The Bertz CT molecular complexity index is 1240. The molecule has 0 spiro atoms. The van der Waals surface area contributed by atoms with Crippen molar-refractivity contribution in [2.45, 2.75) is 0 Å². The molecular formula is C26H16N2. The number of nitrogens with zero attached hydrogens (tertiary/aromatic N) is 2. The Kier molecular flexibility index (Phi) is 3.20. The van der Waals surface area contributed by atoms with Crippen LogP contribution in [0.15, 0.2) is 97.1 Å². The topological polar surface area (TPSA) is 25.8 Å². The fraction of sp³-hybridized carbons (Fsp3) is 0. The zero-order valence-electron chi connectivity index (χ0n) is 15.1. The average Bonchev–Trinajstić information content (AvgIpc) is 3.09. The van der Waals surface area contributed by atoms with Gasteiger partial charge in [-0.3, -0.25) is 0 Å². The Balaban J connectivity index is 1.72. The molecule has 0 aliphatic heterocycles. The van der Waals surface area contributed by atoms with Gasteiger partial charge in [0.05, 0.1) is 22.8 Å². The van der Waals surface area contributed by atoms with Crippen molar-refractivity contribution in [3.63, 3.8) is 0 Å². The summed E-state index contributed by atoms with van der Waals surface area (Å²) < 4.78 is 0. The van der Waals surface area contributed by atoms with Gasteiger partial charge in [0.15, 0.2) is 0 Å². The number of fused-ring (bicyclic) bond motifs is 3. The van der Waals surface area contributed by atoms with Crippen molar-refractivity contribution in [2.75, 3.05) is 0 Å². The average molecular weight is 356 g/mol. The molecule has 2 heteroatoms. The Morgan fingerprint density at radius 3 is 1.32 bits per heavy atom. The largest absolute Gasteiger partial charge is 0.243 e. The lowest BCUT2D eigenvalue weighted by atomic mass is 10.0. The van der Waals surface area contributed by atoms with Crippen LogP contribution in [-0.2, 0) is 0 Å². The van der Waals surface area contributed by atoms with Gasteiger partial charge in [-0.25, -0.2) is 9.97 Å². The Hall–Kier alpha value is -3.78. The van der Waals surface area contributed by atoms with Gasteiger partial charge < -0.3 is 0 Å². The van der Waals surface area contributed by atoms with E-state index >= 15 is 0 Å². The molecule has 6 rings (SSSR count). The first-order valence-electron chi connectivity index (χ1n) is 9.45. The second-order valence-corrected chi connectivity index (χ2v) is 7.06. The van der Waals surface area contributed by atoms with Crippen LogP contribution in [0.1, 0.15) is 0 Å². The summed E-state index contributed by atoms with van der Waals surface area (Å²) in [7, 11) is 0. The molecule has 0 N–H and O–H groups in total. The van der Waals surface area contributed by atoms with Gasteiger partial charge in [0.1, 0.15) is 0 Å². The molecule has 1 heterocycles. The van der Waals surface area contributed by atoms with E-state index in [0.717, 1.165) is 33.9 Å². The molecule has 1 aliphatic rings. The maximum atomic E-state index is 5.18. The third-order valence-corrected chi connectivity index (χ3v) is 5.41. The minimum atomic E-state index is 0.926. The van der Waals surface area contributed by atoms with Gasteiger partial charge in [-0.05, 0) is 5.39 Å². The summed E-state index contributed by atoms with van der Waals surface area (Å²) in [6.45, 7) is 0. The summed E-state index contributed by atoms with van der Waals surface area (Å²) in [5.41, 5.74) is 8.32. The Morgan fingerprint density at radius 2 is 0.857 bits per heavy atom. The van der Waals surface area contributed by atoms with Gasteiger partial charge in [0, 0.05) is 27.6 Å². The predicted molar refractivity (Wildman–Crippen MR) is 115 cm³/mol. The Morgan fingerprint density at radius 1 is 0.393 bits per heavy atom. The lowest BCUT2D eigenvalue weighted by Crippen LogP contribution is -1.97. The highest BCUT2D eigenvalue weighted by Crippen LogP contribution is 2.47. The molecule has 0 saturated carbocycles. The van der Waals surface area contributed by atoms with Crippen molar-refractivity contribution in [2.24, 2.45) is 0 Å². The zero-order valence-corrected chi connectivity index (χ0v) is 15.1. The third kappa shape index (κ3) is 2.15. The summed E-state index contributed by atoms with van der Waals surface area (Å²) in [4.78, 5) is 10.4. The molecule has 5 aromatic rings. The van der Waals surface area contributed by atoms with Gasteiger partial charge in [-0.1, -0.05) is 97.1 Å². The van der Waals surface area contributed by atoms with Gasteiger partial charge in [0.2, 0.25) is 0 Å². The van der Waals surface area contributed by atoms with Gasteiger partial charge in [-0.2, -0.15) is 0 Å². The van der Waals surface area contributed by atoms with Gasteiger partial charge in [-0.15, -0.1) is 0 Å². The minimum Gasteiger partial charge on any atom is -0.243 e. The van der Waals surface area contributed by atoms with Crippen LogP contribution in [0, 0.1) is 0 Å². The maximum absolute atomic E-state index is 5.18. The van der Waals surface area contributed by atoms with E-state index in [1.165, 1.54) is 21.9 Å². The monoisotopic (exact) mass is 356 g/mol. The molecule has 28 heavy (non-hydrogen) atoms. The third-order valence-electron chi connectivity index (χ3n) is 5.41. The zero-order chi connectivity index (χ0) is 18.5. The van der Waals surface area contributed by atoms with E-state index in [1.54, 1.807) is 0 Å². The summed E-state index contributed by atoms with van der Waals surface area (Å²) >= 11 is 0. The van der Waals surface area contributed by atoms with Crippen LogP contribution in [0.4, 0.5) is 0 Å². The molecule has 0 fully saturated rings. The summed E-state index contributed by atoms with van der Waals surface area (Å²) in [6, 6.07) is 33.5. The first-order valence-corrected chi connectivity index (χ1v) is 9.45. The molecule has 0 saturated heterocycles. The molecule has 0 unspecified atom stereocenters. The molecule has 0 amide bonds. The molecule has 4 aromatic carbocycles. The van der Waals surface area contributed by atoms with Crippen molar-refractivity contribution in [1.29, 1.82) is 0 Å². The highest BCUT2D eigenvalue weighted by molar-refractivity contribution is 6.13. The van der Waals surface area contributed by atoms with Crippen LogP contribution in [0.5, 0.6) is 0 Å². The van der Waals surface area contributed by atoms with Crippen molar-refractivity contribution in [3.05, 3.63) is 97.1 Å². The minimum absolute atomic E-state index is 0.926. The van der Waals surface area contributed by atoms with Crippen LogP contribution in [0.2, 0.25) is 0 Å². The molecule has 0 atom stereocenters. The van der Waals surface area contributed by atoms with E-state index in [0.29, 0.717) is 0 Å². The number of benzene rings is 4. The molecule has 1 aromatic heterocycles. The number of hydrogen-bond donors (Lipinski definition) is 0. The first-order chi connectivity index (χ1) is 13.9. The number of hydrogen-bond acceptors (Lipinski definition) is 2. The van der Waals surface area contributed by atoms with E-state index in [1.807, 2.05) is 12.1 Å². The molecule has 130 valence electrons. The number of aromatic nitrogens is 2. The maximum Gasteiger partial charge on any atom is 0.0980 e. The first kappa shape index (κ1) is 15.3. The standard InChI is InChI=1S/C26H16N2/c1-3-9-18(10-4-1)23-24(19-11-5-2-6-12-19)28-26-21-16-8-14-17-13-7-15-20(22(17)21)25(26)27-23/h1-16H. The van der Waals surface area contributed by atoms with Crippen LogP contribution in [0.25, 0.3) is 55.8 Å². The van der Waals surface area contributed by atoms with E-state index in [9.17, 15) is 0 Å². The lowest BCUT2D eigenvalue weighted by molar-refractivity contribution is 1.23. The molecule has 0 radical (unpaired) electrons. The highest BCUT2D eigenvalue weighted by atomic mass is 14.9. The lowest BCUT2D eigenvalue weighted by Gasteiger charge is -2.12. The molecule has 1 aliphatic carbocycles. The smallest absolute Gasteiger partial charge is 0.0980 e. The van der Waals surface area contributed by atoms with Crippen LogP contribution >= 0.6 is 0 Å². The molecule has 0 bridgehead atoms. The van der Waals surface area contributed by atoms with Crippen molar-refractivity contribution in [3.8, 4) is 45.0 Å². The van der Waals surface area contributed by atoms with Crippen LogP contribution in [-0.4, -0.2) is 9.97 Å². The fourth-order valence-electron chi connectivity index (χ4n) is 4.14. The van der Waals surface area contributed by atoms with Gasteiger partial charge in [0.25, 0.3) is 0 Å². The van der Waals surface area contributed by atoms with E-state index in [2.05, 4.69) is 84.9 Å². The van der Waals surface area contributed by atoms with Crippen molar-refractivity contribution < 1.29 is 0 Å². The molecule has 2 nitrogen and oxygen atoms in total. The second kappa shape index (κ2) is 5.86. The fourth-order valence-corrected chi connectivity index (χ4v) is 4.14. The van der Waals surface area contributed by atoms with Crippen molar-refractivity contribution in [1.82, 2.24) is 9.97 Å².